The minimum Gasteiger partial charge on any atom is -0.383 e. The van der Waals surface area contributed by atoms with E-state index in [0.29, 0.717) is 29.1 Å². The van der Waals surface area contributed by atoms with Crippen LogP contribution in [0.3, 0.4) is 0 Å². The highest BCUT2D eigenvalue weighted by molar-refractivity contribution is 5.99. The van der Waals surface area contributed by atoms with Gasteiger partial charge in [0.1, 0.15) is 11.6 Å². The Hall–Kier alpha value is -4.25. The van der Waals surface area contributed by atoms with Crippen LogP contribution in [-0.4, -0.2) is 26.1 Å². The number of hydrogen-bond donors (Lipinski definition) is 3. The summed E-state index contributed by atoms with van der Waals surface area (Å²) in [5, 5.41) is 20.3. The summed E-state index contributed by atoms with van der Waals surface area (Å²) in [5.74, 6) is 0.150. The van der Waals surface area contributed by atoms with E-state index in [1.807, 2.05) is 36.4 Å². The zero-order valence-electron chi connectivity index (χ0n) is 15.8. The lowest BCUT2D eigenvalue weighted by atomic mass is 10.00. The molecule has 0 saturated heterocycles. The Labute approximate surface area is 171 Å². The zero-order chi connectivity index (χ0) is 20.7. The highest BCUT2D eigenvalue weighted by atomic mass is 16.2. The average Bonchev–Trinajstić information content (AvgIpc) is 3.36. The van der Waals surface area contributed by atoms with Crippen molar-refractivity contribution in [3.8, 4) is 28.6 Å². The normalized spacial score (nSPS) is 17.4. The number of amides is 1. The summed E-state index contributed by atoms with van der Waals surface area (Å²) in [5.41, 5.74) is 9.67. The van der Waals surface area contributed by atoms with E-state index in [0.717, 1.165) is 22.2 Å². The van der Waals surface area contributed by atoms with Gasteiger partial charge in [-0.25, -0.2) is 9.97 Å². The van der Waals surface area contributed by atoms with Crippen LogP contribution in [0.1, 0.15) is 6.42 Å². The van der Waals surface area contributed by atoms with Gasteiger partial charge in [0.15, 0.2) is 0 Å². The molecule has 3 aromatic heterocycles. The molecule has 0 aliphatic heterocycles. The number of nitrogens with one attached hydrogen (secondary N) is 2. The fourth-order valence-electron chi connectivity index (χ4n) is 3.57. The first-order valence-electron chi connectivity index (χ1n) is 9.50. The number of nitrogens with two attached hydrogens (primary N) is 1. The van der Waals surface area contributed by atoms with E-state index >= 15 is 0 Å². The number of aromatic amines is 1. The van der Waals surface area contributed by atoms with Crippen molar-refractivity contribution in [2.75, 3.05) is 11.1 Å². The van der Waals surface area contributed by atoms with Crippen molar-refractivity contribution in [1.82, 2.24) is 20.2 Å². The van der Waals surface area contributed by atoms with Gasteiger partial charge in [-0.3, -0.25) is 9.89 Å². The molecule has 1 aliphatic rings. The van der Waals surface area contributed by atoms with Crippen LogP contribution in [0.25, 0.3) is 33.3 Å². The van der Waals surface area contributed by atoms with Crippen molar-refractivity contribution in [3.63, 3.8) is 0 Å². The van der Waals surface area contributed by atoms with Gasteiger partial charge in [0.2, 0.25) is 5.91 Å². The van der Waals surface area contributed by atoms with Crippen molar-refractivity contribution in [3.05, 3.63) is 54.9 Å². The van der Waals surface area contributed by atoms with Gasteiger partial charge >= 0.3 is 0 Å². The minimum atomic E-state index is -0.258. The van der Waals surface area contributed by atoms with Gasteiger partial charge in [-0.05, 0) is 30.0 Å². The van der Waals surface area contributed by atoms with E-state index < -0.39 is 0 Å². The number of anilines is 2. The smallest absolute Gasteiger partial charge is 0.230 e. The molecule has 5 rings (SSSR count). The van der Waals surface area contributed by atoms with Crippen LogP contribution in [0, 0.1) is 23.2 Å². The molecule has 1 fully saturated rings. The fourth-order valence-corrected chi connectivity index (χ4v) is 3.57. The maximum Gasteiger partial charge on any atom is 0.230 e. The van der Waals surface area contributed by atoms with Crippen LogP contribution in [0.5, 0.6) is 0 Å². The van der Waals surface area contributed by atoms with Gasteiger partial charge in [-0.15, -0.1) is 0 Å². The van der Waals surface area contributed by atoms with E-state index in [1.54, 1.807) is 18.5 Å². The largest absolute Gasteiger partial charge is 0.383 e. The van der Waals surface area contributed by atoms with Crippen molar-refractivity contribution >= 4 is 28.3 Å². The molecule has 2 atom stereocenters. The van der Waals surface area contributed by atoms with Gasteiger partial charge in [0.25, 0.3) is 0 Å². The molecule has 4 N–H and O–H groups in total. The predicted molar refractivity (Wildman–Crippen MR) is 113 cm³/mol. The first kappa shape index (κ1) is 17.8. The van der Waals surface area contributed by atoms with E-state index in [1.165, 1.54) is 0 Å². The summed E-state index contributed by atoms with van der Waals surface area (Å²) < 4.78 is 0. The molecule has 1 aromatic carbocycles. The number of aromatic nitrogens is 4. The lowest BCUT2D eigenvalue weighted by Crippen LogP contribution is -2.15. The highest BCUT2D eigenvalue weighted by Crippen LogP contribution is 2.38. The van der Waals surface area contributed by atoms with Gasteiger partial charge in [-0.2, -0.15) is 10.4 Å². The number of nitriles is 1. The Morgan fingerprint density at radius 2 is 2.07 bits per heavy atom. The fraction of sp³-hybridized carbons (Fsp3) is 0.136. The van der Waals surface area contributed by atoms with Crippen LogP contribution in [0.4, 0.5) is 11.6 Å². The maximum absolute atomic E-state index is 12.3. The molecule has 1 saturated carbocycles. The molecule has 8 heteroatoms. The lowest BCUT2D eigenvalue weighted by Gasteiger charge is -2.11. The summed E-state index contributed by atoms with van der Waals surface area (Å²) in [6.45, 7) is 0. The molecule has 1 amide bonds. The van der Waals surface area contributed by atoms with Crippen LogP contribution in [0.15, 0.2) is 54.9 Å². The Morgan fingerprint density at radius 1 is 1.23 bits per heavy atom. The number of nitrogen functional groups attached to an aromatic ring is 1. The number of hydrogen-bond acceptors (Lipinski definition) is 6. The van der Waals surface area contributed by atoms with Gasteiger partial charge < -0.3 is 11.1 Å². The lowest BCUT2D eigenvalue weighted by molar-refractivity contribution is -0.117. The van der Waals surface area contributed by atoms with Gasteiger partial charge in [0.05, 0.1) is 29.3 Å². The Kier molecular flexibility index (Phi) is 4.14. The van der Waals surface area contributed by atoms with E-state index in [-0.39, 0.29) is 17.7 Å². The first-order valence-corrected chi connectivity index (χ1v) is 9.50. The molecule has 30 heavy (non-hydrogen) atoms. The van der Waals surface area contributed by atoms with E-state index in [4.69, 9.17) is 11.0 Å². The summed E-state index contributed by atoms with van der Waals surface area (Å²) in [7, 11) is 0. The molecule has 146 valence electrons. The van der Waals surface area contributed by atoms with E-state index in [2.05, 4.69) is 31.6 Å². The number of pyridine rings is 2. The Balaban J connectivity index is 1.54. The molecule has 4 aromatic rings. The number of carbonyl (C=O) groups is 1. The maximum atomic E-state index is 12.3. The summed E-state index contributed by atoms with van der Waals surface area (Å²) in [6, 6.07) is 15.6. The average molecular weight is 395 g/mol. The third-order valence-electron chi connectivity index (χ3n) is 5.28. The molecular formula is C22H17N7O. The highest BCUT2D eigenvalue weighted by Gasteiger charge is 2.43. The summed E-state index contributed by atoms with van der Waals surface area (Å²) in [4.78, 5) is 21.1. The minimum absolute atomic E-state index is 0.180. The molecule has 8 nitrogen and oxygen atoms in total. The second-order valence-corrected chi connectivity index (χ2v) is 7.27. The van der Waals surface area contributed by atoms with Gasteiger partial charge in [-0.1, -0.05) is 24.3 Å². The molecule has 3 heterocycles. The number of rotatable bonds is 4. The second-order valence-electron chi connectivity index (χ2n) is 7.27. The van der Waals surface area contributed by atoms with Crippen molar-refractivity contribution in [2.45, 2.75) is 6.42 Å². The third-order valence-corrected chi connectivity index (χ3v) is 5.28. The molecule has 0 spiro atoms. The predicted octanol–water partition coefficient (Wildman–Crippen LogP) is 3.37. The Morgan fingerprint density at radius 3 is 2.80 bits per heavy atom. The summed E-state index contributed by atoms with van der Waals surface area (Å²) in [6.07, 6.45) is 3.90. The first-order chi connectivity index (χ1) is 14.6. The van der Waals surface area contributed by atoms with Gasteiger partial charge in [0, 0.05) is 28.9 Å². The Bertz CT molecular complexity index is 1310. The topological polar surface area (TPSA) is 133 Å². The van der Waals surface area contributed by atoms with Crippen LogP contribution in [-0.2, 0) is 4.79 Å². The SMILES string of the molecule is N#C[C@H]1C[C@@H]1C(=O)Nc1cc2cc(-c3ccccc3-c3ccn[nH]3)nc(N)c2cn1. The molecule has 0 bridgehead atoms. The van der Waals surface area contributed by atoms with Crippen molar-refractivity contribution in [2.24, 2.45) is 11.8 Å². The third kappa shape index (κ3) is 3.12. The quantitative estimate of drug-likeness (QED) is 0.485. The molecule has 0 radical (unpaired) electrons. The van der Waals surface area contributed by atoms with Crippen molar-refractivity contribution < 1.29 is 4.79 Å². The van der Waals surface area contributed by atoms with Crippen molar-refractivity contribution in [1.29, 1.82) is 5.26 Å². The number of benzene rings is 1. The van der Waals surface area contributed by atoms with Crippen LogP contribution < -0.4 is 11.1 Å². The standard InChI is InChI=1S/C22H17N7O/c23-10-13-7-16(13)22(30)28-20-9-12-8-19(27-21(24)17(12)11-25-20)15-4-2-1-3-14(15)18-5-6-26-29-18/h1-6,8-9,11,13,16H,7H2,(H2,24,27)(H,26,29)(H,25,28,30)/t13-,16+/m1/s1. The number of H-pyrrole nitrogens is 1. The van der Waals surface area contributed by atoms with Crippen LogP contribution in [0.2, 0.25) is 0 Å². The van der Waals surface area contributed by atoms with Crippen LogP contribution >= 0.6 is 0 Å². The molecule has 1 aliphatic carbocycles. The van der Waals surface area contributed by atoms with E-state index in [9.17, 15) is 4.79 Å². The molecule has 0 unspecified atom stereocenters. The monoisotopic (exact) mass is 395 g/mol. The molecular weight excluding hydrogens is 378 g/mol. The number of fused-ring (bicyclic) bond motifs is 1. The number of carbonyl (C=O) groups excluding carboxylic acids is 1. The zero-order valence-corrected chi connectivity index (χ0v) is 15.8. The second kappa shape index (κ2) is 6.97. The summed E-state index contributed by atoms with van der Waals surface area (Å²) >= 11 is 0. The number of nitrogens with zero attached hydrogens (tertiary/aromatic N) is 4.